The molecule has 0 heterocycles. The molecule has 0 aromatic rings. The number of rotatable bonds is 9. The lowest BCUT2D eigenvalue weighted by molar-refractivity contribution is -0.873. The second kappa shape index (κ2) is 12.1. The highest BCUT2D eigenvalue weighted by Crippen LogP contribution is 1.98. The van der Waals surface area contributed by atoms with Crippen LogP contribution in [0.5, 0.6) is 0 Å². The van der Waals surface area contributed by atoms with Crippen molar-refractivity contribution in [2.45, 2.75) is 38.7 Å². The van der Waals surface area contributed by atoms with E-state index in [2.05, 4.69) is 4.74 Å². The van der Waals surface area contributed by atoms with Crippen molar-refractivity contribution >= 4 is 29.7 Å². The number of hydrogen-bond donors (Lipinski definition) is 2. The Labute approximate surface area is 145 Å². The van der Waals surface area contributed by atoms with E-state index in [0.717, 1.165) is 0 Å². The number of nitrogens with zero attached hydrogens (tertiary/aromatic N) is 1. The van der Waals surface area contributed by atoms with Gasteiger partial charge in [-0.2, -0.15) is 0 Å². The van der Waals surface area contributed by atoms with E-state index >= 15 is 0 Å². The number of carboxylic acids is 2. The van der Waals surface area contributed by atoms with E-state index in [0.29, 0.717) is 11.0 Å². The Morgan fingerprint density at radius 3 is 1.96 bits per heavy atom. The minimum absolute atomic E-state index is 0.0159. The number of Topliss-reactive ketones (excluding diaryl/α,β-unsaturated/α-hetero) is 1. The molecule has 0 spiro atoms. The Morgan fingerprint density at radius 2 is 1.60 bits per heavy atom. The number of hydrogen-bond acceptors (Lipinski definition) is 8. The number of aliphatic hydroxyl groups is 1. The largest absolute Gasteiger partial charge is 0.550 e. The number of esters is 2. The van der Waals surface area contributed by atoms with Crippen molar-refractivity contribution in [2.75, 3.05) is 27.7 Å². The quantitative estimate of drug-likeness (QED) is 0.206. The molecule has 0 aliphatic heterocycles. The summed E-state index contributed by atoms with van der Waals surface area (Å²) in [5.41, 5.74) is 0. The van der Waals surface area contributed by atoms with Crippen LogP contribution in [0.4, 0.5) is 0 Å². The molecule has 0 saturated heterocycles. The van der Waals surface area contributed by atoms with Gasteiger partial charge in [-0.25, -0.2) is 4.79 Å². The van der Waals surface area contributed by atoms with Gasteiger partial charge in [-0.1, -0.05) is 6.92 Å². The lowest BCUT2D eigenvalue weighted by Crippen LogP contribution is -2.43. The third kappa shape index (κ3) is 17.9. The average molecular weight is 363 g/mol. The number of carboxylic acid groups (broad SMARTS) is 2. The summed E-state index contributed by atoms with van der Waals surface area (Å²) < 4.78 is 4.62. The number of aliphatic carboxylic acids is 2. The van der Waals surface area contributed by atoms with Crippen LogP contribution < -0.4 is 5.11 Å². The number of carbonyl (C=O) groups excluding carboxylic acids is 4. The fraction of sp³-hybridized carbons (Fsp3) is 0.667. The number of carbonyl (C=O) groups is 5. The second-order valence-corrected chi connectivity index (χ2v) is 6.13. The number of likely N-dealkylation sites (N-methyl/N-ethyl adjacent to an activating group) is 1. The van der Waals surface area contributed by atoms with Crippen LogP contribution in [-0.4, -0.2) is 78.1 Å². The van der Waals surface area contributed by atoms with E-state index in [1.54, 1.807) is 0 Å². The first kappa shape index (κ1) is 24.9. The molecule has 25 heavy (non-hydrogen) atoms. The molecule has 0 aromatic heterocycles. The van der Waals surface area contributed by atoms with Crippen LogP contribution >= 0.6 is 0 Å². The SMILES string of the molecule is CCC(=O)OC(=O)C(=O)CCC(=O)O.C[N+](C)(C)C[C@H](O)CC(=O)[O-]. The Balaban J connectivity index is 0. The highest BCUT2D eigenvalue weighted by Gasteiger charge is 2.19. The van der Waals surface area contributed by atoms with Crippen LogP contribution in [-0.2, 0) is 28.7 Å². The first-order valence-corrected chi connectivity index (χ1v) is 7.46. The van der Waals surface area contributed by atoms with Gasteiger partial charge in [0.25, 0.3) is 0 Å². The van der Waals surface area contributed by atoms with Crippen molar-refractivity contribution in [1.82, 2.24) is 0 Å². The summed E-state index contributed by atoms with van der Waals surface area (Å²) >= 11 is 0. The molecular formula is C15H25NO9. The van der Waals surface area contributed by atoms with Crippen molar-refractivity contribution in [2.24, 2.45) is 0 Å². The van der Waals surface area contributed by atoms with E-state index in [1.165, 1.54) is 6.92 Å². The topological polar surface area (TPSA) is 158 Å². The molecular weight excluding hydrogens is 338 g/mol. The molecule has 0 unspecified atom stereocenters. The first-order chi connectivity index (χ1) is 11.3. The van der Waals surface area contributed by atoms with Crippen LogP contribution in [0.15, 0.2) is 0 Å². The molecule has 0 bridgehead atoms. The normalized spacial score (nSPS) is 11.6. The van der Waals surface area contributed by atoms with E-state index in [4.69, 9.17) is 10.2 Å². The maximum atomic E-state index is 10.8. The number of ketones is 1. The van der Waals surface area contributed by atoms with Crippen molar-refractivity contribution in [3.05, 3.63) is 0 Å². The molecule has 0 rings (SSSR count). The van der Waals surface area contributed by atoms with Gasteiger partial charge in [-0.3, -0.25) is 14.4 Å². The van der Waals surface area contributed by atoms with Gasteiger partial charge in [0.1, 0.15) is 12.6 Å². The van der Waals surface area contributed by atoms with E-state index in [1.807, 2.05) is 21.1 Å². The smallest absolute Gasteiger partial charge is 0.382 e. The van der Waals surface area contributed by atoms with Gasteiger partial charge in [0.15, 0.2) is 0 Å². The molecule has 0 saturated carbocycles. The van der Waals surface area contributed by atoms with E-state index in [9.17, 15) is 29.1 Å². The predicted molar refractivity (Wildman–Crippen MR) is 81.8 cm³/mol. The van der Waals surface area contributed by atoms with Crippen LogP contribution in [0.3, 0.4) is 0 Å². The minimum Gasteiger partial charge on any atom is -0.550 e. The van der Waals surface area contributed by atoms with Gasteiger partial charge in [-0.05, 0) is 0 Å². The zero-order valence-corrected chi connectivity index (χ0v) is 14.8. The third-order valence-electron chi connectivity index (χ3n) is 2.45. The highest BCUT2D eigenvalue weighted by atomic mass is 16.6. The summed E-state index contributed by atoms with van der Waals surface area (Å²) in [5, 5.41) is 27.3. The van der Waals surface area contributed by atoms with E-state index < -0.39 is 48.6 Å². The molecule has 0 fully saturated rings. The summed E-state index contributed by atoms with van der Waals surface area (Å²) in [6.07, 6.45) is -2.01. The minimum atomic E-state index is -1.29. The van der Waals surface area contributed by atoms with Crippen molar-refractivity contribution in [3.8, 4) is 0 Å². The zero-order valence-electron chi connectivity index (χ0n) is 14.8. The highest BCUT2D eigenvalue weighted by molar-refractivity contribution is 6.35. The molecule has 0 amide bonds. The molecule has 1 atom stereocenters. The molecule has 0 aliphatic carbocycles. The van der Waals surface area contributed by atoms with Crippen LogP contribution in [0.1, 0.15) is 32.6 Å². The predicted octanol–water partition coefficient (Wildman–Crippen LogP) is -1.91. The van der Waals surface area contributed by atoms with Gasteiger partial charge in [0.2, 0.25) is 5.78 Å². The summed E-state index contributed by atoms with van der Waals surface area (Å²) in [6, 6.07) is 0. The molecule has 0 aliphatic rings. The van der Waals surface area contributed by atoms with Crippen LogP contribution in [0.2, 0.25) is 0 Å². The lowest BCUT2D eigenvalue weighted by Gasteiger charge is -2.26. The maximum Gasteiger partial charge on any atom is 0.382 e. The summed E-state index contributed by atoms with van der Waals surface area (Å²) in [4.78, 5) is 52.2. The Morgan fingerprint density at radius 1 is 1.08 bits per heavy atom. The summed E-state index contributed by atoms with van der Waals surface area (Å²) in [5.74, 6) is -5.50. The lowest BCUT2D eigenvalue weighted by atomic mass is 10.2. The van der Waals surface area contributed by atoms with Crippen LogP contribution in [0, 0.1) is 0 Å². The molecule has 2 N–H and O–H groups in total. The van der Waals surface area contributed by atoms with E-state index in [-0.39, 0.29) is 12.8 Å². The fourth-order valence-electron chi connectivity index (χ4n) is 1.44. The zero-order chi connectivity index (χ0) is 20.2. The summed E-state index contributed by atoms with van der Waals surface area (Å²) in [6.45, 7) is 1.89. The average Bonchev–Trinajstić information content (AvgIpc) is 2.41. The molecule has 0 radical (unpaired) electrons. The molecule has 0 aromatic carbocycles. The molecule has 144 valence electrons. The van der Waals surface area contributed by atoms with Crippen molar-refractivity contribution in [1.29, 1.82) is 0 Å². The van der Waals surface area contributed by atoms with Gasteiger partial charge < -0.3 is 29.3 Å². The second-order valence-electron chi connectivity index (χ2n) is 6.13. The number of aliphatic hydroxyl groups excluding tert-OH is 1. The Kier molecular flexibility index (Phi) is 12.1. The molecule has 10 nitrogen and oxygen atoms in total. The number of ether oxygens (including phenoxy) is 1. The van der Waals surface area contributed by atoms with Crippen molar-refractivity contribution in [3.63, 3.8) is 0 Å². The molecule has 10 heteroatoms. The number of quaternary nitrogens is 1. The first-order valence-electron chi connectivity index (χ1n) is 7.46. The Bertz CT molecular complexity index is 494. The standard InChI is InChI=1S/C8H10O6.C7H15NO3/c1-2-7(12)14-8(13)5(9)3-4-6(10)11;1-8(2,3)5-6(9)4-7(10)11/h2-4H2,1H3,(H,10,11);6,9H,4-5H2,1-3H3/t;6-/m.1/s1. The summed E-state index contributed by atoms with van der Waals surface area (Å²) in [7, 11) is 5.66. The monoisotopic (exact) mass is 363 g/mol. The van der Waals surface area contributed by atoms with Crippen LogP contribution in [0.25, 0.3) is 0 Å². The fourth-order valence-corrected chi connectivity index (χ4v) is 1.44. The van der Waals surface area contributed by atoms with Gasteiger partial charge >= 0.3 is 17.9 Å². The van der Waals surface area contributed by atoms with Gasteiger partial charge in [0, 0.05) is 25.2 Å². The third-order valence-corrected chi connectivity index (χ3v) is 2.45. The Hall–Kier alpha value is -2.33. The maximum absolute atomic E-state index is 10.8. The van der Waals surface area contributed by atoms with Gasteiger partial charge in [0.05, 0.1) is 27.6 Å². The van der Waals surface area contributed by atoms with Crippen molar-refractivity contribution < 1.29 is 48.5 Å². The van der Waals surface area contributed by atoms with Gasteiger partial charge in [-0.15, -0.1) is 0 Å².